The molecule has 17 heavy (non-hydrogen) atoms. The van der Waals surface area contributed by atoms with Crippen LogP contribution >= 0.6 is 0 Å². The summed E-state index contributed by atoms with van der Waals surface area (Å²) in [4.78, 5) is 0. The Kier molecular flexibility index (Phi) is 4.02. The van der Waals surface area contributed by atoms with E-state index in [1.165, 1.54) is 11.1 Å². The van der Waals surface area contributed by atoms with Crippen LogP contribution in [-0.2, 0) is 11.2 Å². The molecule has 3 nitrogen and oxygen atoms in total. The molecule has 1 aliphatic carbocycles. The highest BCUT2D eigenvalue weighted by atomic mass is 16.5. The van der Waals surface area contributed by atoms with Crippen LogP contribution in [-0.4, -0.2) is 19.8 Å². The predicted molar refractivity (Wildman–Crippen MR) is 68.3 cm³/mol. The van der Waals surface area contributed by atoms with E-state index in [2.05, 4.69) is 19.1 Å². The first-order valence-electron chi connectivity index (χ1n) is 6.24. The zero-order valence-electron chi connectivity index (χ0n) is 10.6. The van der Waals surface area contributed by atoms with Gasteiger partial charge in [-0.15, -0.1) is 0 Å². The molecule has 0 aliphatic heterocycles. The third kappa shape index (κ3) is 2.99. The van der Waals surface area contributed by atoms with Gasteiger partial charge in [0.25, 0.3) is 0 Å². The van der Waals surface area contributed by atoms with Crippen molar-refractivity contribution < 1.29 is 9.47 Å². The zero-order chi connectivity index (χ0) is 12.3. The van der Waals surface area contributed by atoms with E-state index in [1.54, 1.807) is 7.11 Å². The molecular weight excluding hydrogens is 214 g/mol. The number of rotatable bonds is 5. The van der Waals surface area contributed by atoms with Crippen LogP contribution in [0.5, 0.6) is 5.75 Å². The lowest BCUT2D eigenvalue weighted by molar-refractivity contribution is 0.135. The van der Waals surface area contributed by atoms with Gasteiger partial charge in [-0.2, -0.15) is 0 Å². The Morgan fingerprint density at radius 2 is 2.29 bits per heavy atom. The molecule has 0 saturated carbocycles. The molecule has 0 aromatic heterocycles. The van der Waals surface area contributed by atoms with Crippen LogP contribution in [0.15, 0.2) is 18.2 Å². The Hall–Kier alpha value is -1.06. The van der Waals surface area contributed by atoms with Gasteiger partial charge >= 0.3 is 0 Å². The van der Waals surface area contributed by atoms with Crippen molar-refractivity contribution in [3.8, 4) is 5.75 Å². The second-order valence-corrected chi connectivity index (χ2v) is 4.72. The van der Waals surface area contributed by atoms with E-state index in [4.69, 9.17) is 15.2 Å². The number of benzene rings is 1. The smallest absolute Gasteiger partial charge is 0.119 e. The van der Waals surface area contributed by atoms with E-state index >= 15 is 0 Å². The maximum absolute atomic E-state index is 6.01. The first-order valence-corrected chi connectivity index (χ1v) is 6.24. The lowest BCUT2D eigenvalue weighted by Crippen LogP contribution is -2.14. The SMILES string of the molecule is COCCC(C)Oc1ccc2c(c1)CC[C@H]2N. The monoisotopic (exact) mass is 235 g/mol. The van der Waals surface area contributed by atoms with Crippen molar-refractivity contribution in [3.05, 3.63) is 29.3 Å². The summed E-state index contributed by atoms with van der Waals surface area (Å²) >= 11 is 0. The summed E-state index contributed by atoms with van der Waals surface area (Å²) in [5.74, 6) is 0.946. The molecule has 1 aromatic rings. The standard InChI is InChI=1S/C14H21NO2/c1-10(7-8-16-2)17-12-4-5-13-11(9-12)3-6-14(13)15/h4-5,9-10,14H,3,6-8,15H2,1-2H3/t10?,14-/m1/s1. The van der Waals surface area contributed by atoms with Crippen LogP contribution < -0.4 is 10.5 Å². The van der Waals surface area contributed by atoms with Gasteiger partial charge < -0.3 is 15.2 Å². The Labute approximate surface area is 103 Å². The average molecular weight is 235 g/mol. The van der Waals surface area contributed by atoms with Crippen LogP contribution in [0.3, 0.4) is 0 Å². The van der Waals surface area contributed by atoms with Gasteiger partial charge in [0.05, 0.1) is 6.10 Å². The zero-order valence-corrected chi connectivity index (χ0v) is 10.6. The maximum Gasteiger partial charge on any atom is 0.119 e. The van der Waals surface area contributed by atoms with E-state index in [0.717, 1.165) is 31.6 Å². The van der Waals surface area contributed by atoms with Crippen molar-refractivity contribution >= 4 is 0 Å². The summed E-state index contributed by atoms with van der Waals surface area (Å²) in [6.45, 7) is 2.80. The first-order chi connectivity index (χ1) is 8.20. The summed E-state index contributed by atoms with van der Waals surface area (Å²) < 4.78 is 10.9. The molecule has 1 aliphatic rings. The number of hydrogen-bond acceptors (Lipinski definition) is 3. The van der Waals surface area contributed by atoms with E-state index in [0.29, 0.717) is 0 Å². The van der Waals surface area contributed by atoms with Gasteiger partial charge in [0, 0.05) is 26.2 Å². The summed E-state index contributed by atoms with van der Waals surface area (Å²) in [6, 6.07) is 6.47. The summed E-state index contributed by atoms with van der Waals surface area (Å²) in [6.07, 6.45) is 3.22. The van der Waals surface area contributed by atoms with Crippen molar-refractivity contribution in [3.63, 3.8) is 0 Å². The fourth-order valence-electron chi connectivity index (χ4n) is 2.28. The Morgan fingerprint density at radius 3 is 3.06 bits per heavy atom. The fourth-order valence-corrected chi connectivity index (χ4v) is 2.28. The molecule has 0 spiro atoms. The number of hydrogen-bond donors (Lipinski definition) is 1. The minimum Gasteiger partial charge on any atom is -0.491 e. The van der Waals surface area contributed by atoms with Crippen molar-refractivity contribution in [1.29, 1.82) is 0 Å². The molecule has 0 radical (unpaired) electrons. The number of aryl methyl sites for hydroxylation is 1. The van der Waals surface area contributed by atoms with Gasteiger partial charge in [-0.05, 0) is 43.0 Å². The fraction of sp³-hybridized carbons (Fsp3) is 0.571. The minimum absolute atomic E-state index is 0.183. The number of ether oxygens (including phenoxy) is 2. The Balaban J connectivity index is 1.98. The van der Waals surface area contributed by atoms with E-state index in [9.17, 15) is 0 Å². The summed E-state index contributed by atoms with van der Waals surface area (Å²) in [5.41, 5.74) is 8.63. The van der Waals surface area contributed by atoms with Crippen molar-refractivity contribution in [2.45, 2.75) is 38.3 Å². The van der Waals surface area contributed by atoms with Gasteiger partial charge in [-0.25, -0.2) is 0 Å². The lowest BCUT2D eigenvalue weighted by atomic mass is 10.1. The molecule has 94 valence electrons. The molecule has 0 saturated heterocycles. The quantitative estimate of drug-likeness (QED) is 0.852. The van der Waals surface area contributed by atoms with Gasteiger partial charge in [0.15, 0.2) is 0 Å². The number of nitrogens with two attached hydrogens (primary N) is 1. The van der Waals surface area contributed by atoms with Crippen molar-refractivity contribution in [2.24, 2.45) is 5.73 Å². The lowest BCUT2D eigenvalue weighted by Gasteiger charge is -2.15. The third-order valence-corrected chi connectivity index (χ3v) is 3.30. The van der Waals surface area contributed by atoms with E-state index in [-0.39, 0.29) is 12.1 Å². The molecule has 0 bridgehead atoms. The highest BCUT2D eigenvalue weighted by Crippen LogP contribution is 2.32. The number of methoxy groups -OCH3 is 1. The molecule has 1 unspecified atom stereocenters. The topological polar surface area (TPSA) is 44.5 Å². The molecule has 1 aromatic carbocycles. The molecule has 2 atom stereocenters. The molecule has 0 amide bonds. The van der Waals surface area contributed by atoms with Crippen LogP contribution in [0.2, 0.25) is 0 Å². The van der Waals surface area contributed by atoms with Crippen LogP contribution in [0.25, 0.3) is 0 Å². The molecule has 3 heteroatoms. The normalized spacial score (nSPS) is 20.1. The van der Waals surface area contributed by atoms with Crippen LogP contribution in [0.4, 0.5) is 0 Å². The minimum atomic E-state index is 0.183. The van der Waals surface area contributed by atoms with Crippen molar-refractivity contribution in [1.82, 2.24) is 0 Å². The predicted octanol–water partition coefficient (Wildman–Crippen LogP) is 2.44. The first kappa shape index (κ1) is 12.4. The van der Waals surface area contributed by atoms with Gasteiger partial charge in [-0.3, -0.25) is 0 Å². The van der Waals surface area contributed by atoms with Crippen LogP contribution in [0, 0.1) is 0 Å². The highest BCUT2D eigenvalue weighted by Gasteiger charge is 2.19. The van der Waals surface area contributed by atoms with Crippen LogP contribution in [0.1, 0.15) is 36.9 Å². The van der Waals surface area contributed by atoms with Gasteiger partial charge in [-0.1, -0.05) is 6.07 Å². The molecular formula is C14H21NO2. The average Bonchev–Trinajstić information content (AvgIpc) is 2.68. The van der Waals surface area contributed by atoms with Gasteiger partial charge in [0.2, 0.25) is 0 Å². The van der Waals surface area contributed by atoms with E-state index in [1.807, 2.05) is 6.07 Å². The summed E-state index contributed by atoms with van der Waals surface area (Å²) in [5, 5.41) is 0. The number of fused-ring (bicyclic) bond motifs is 1. The molecule has 0 fully saturated rings. The molecule has 2 N–H and O–H groups in total. The second-order valence-electron chi connectivity index (χ2n) is 4.72. The van der Waals surface area contributed by atoms with E-state index < -0.39 is 0 Å². The van der Waals surface area contributed by atoms with Gasteiger partial charge in [0.1, 0.15) is 5.75 Å². The highest BCUT2D eigenvalue weighted by molar-refractivity contribution is 5.40. The maximum atomic E-state index is 6.01. The van der Waals surface area contributed by atoms with Crippen molar-refractivity contribution in [2.75, 3.05) is 13.7 Å². The largest absolute Gasteiger partial charge is 0.491 e. The Morgan fingerprint density at radius 1 is 1.47 bits per heavy atom. The summed E-state index contributed by atoms with van der Waals surface area (Å²) in [7, 11) is 1.71. The third-order valence-electron chi connectivity index (χ3n) is 3.30. The molecule has 0 heterocycles. The molecule has 2 rings (SSSR count). The Bertz CT molecular complexity index is 378. The second kappa shape index (κ2) is 5.52.